The lowest BCUT2D eigenvalue weighted by molar-refractivity contribution is 0.0262. The lowest BCUT2D eigenvalue weighted by atomic mass is 9.95. The summed E-state index contributed by atoms with van der Waals surface area (Å²) in [4.78, 5) is 0. The molecule has 1 fully saturated rings. The van der Waals surface area contributed by atoms with Crippen LogP contribution < -0.4 is 5.32 Å². The van der Waals surface area contributed by atoms with Crippen LogP contribution in [0.4, 0.5) is 0 Å². The van der Waals surface area contributed by atoms with Gasteiger partial charge < -0.3 is 10.1 Å². The van der Waals surface area contributed by atoms with Gasteiger partial charge in [-0.1, -0.05) is 37.0 Å². The van der Waals surface area contributed by atoms with Crippen molar-refractivity contribution >= 4 is 34.5 Å². The van der Waals surface area contributed by atoms with Crippen LogP contribution in [0, 0.1) is 5.41 Å². The third-order valence-corrected chi connectivity index (χ3v) is 4.16. The fourth-order valence-electron chi connectivity index (χ4n) is 1.75. The van der Waals surface area contributed by atoms with Crippen LogP contribution in [0.1, 0.15) is 25.5 Å². The van der Waals surface area contributed by atoms with E-state index in [9.17, 15) is 0 Å². The molecule has 1 unspecified atom stereocenters. The van der Waals surface area contributed by atoms with Crippen LogP contribution in [-0.2, 0) is 4.74 Å². The maximum atomic E-state index is 6.13. The summed E-state index contributed by atoms with van der Waals surface area (Å²) < 4.78 is 7.35. The van der Waals surface area contributed by atoms with Gasteiger partial charge in [-0.25, -0.2) is 0 Å². The van der Waals surface area contributed by atoms with Crippen molar-refractivity contribution in [2.24, 2.45) is 5.41 Å². The Hall–Kier alpha value is 0.200. The molecule has 1 N–H and O–H groups in total. The predicted octanol–water partition coefficient (Wildman–Crippen LogP) is 3.74. The number of halogens is 2. The van der Waals surface area contributed by atoms with Crippen molar-refractivity contribution in [1.82, 2.24) is 5.32 Å². The largest absolute Gasteiger partial charge is 0.372 e. The lowest BCUT2D eigenvalue weighted by Gasteiger charge is -2.21. The molecule has 16 heavy (non-hydrogen) atoms. The molecule has 5 heteroatoms. The average Bonchev–Trinajstić information content (AvgIpc) is 2.41. The van der Waals surface area contributed by atoms with E-state index in [1.807, 2.05) is 6.07 Å². The van der Waals surface area contributed by atoms with Crippen molar-refractivity contribution < 1.29 is 4.74 Å². The zero-order valence-electron chi connectivity index (χ0n) is 9.35. The molecule has 2 rings (SSSR count). The van der Waals surface area contributed by atoms with E-state index < -0.39 is 0 Å². The summed E-state index contributed by atoms with van der Waals surface area (Å²) in [6, 6.07) is 1.90. The van der Waals surface area contributed by atoms with Crippen molar-refractivity contribution in [3.05, 3.63) is 20.3 Å². The third kappa shape index (κ3) is 2.90. The van der Waals surface area contributed by atoms with E-state index in [0.29, 0.717) is 4.34 Å². The SMILES string of the molecule is CC1(C)CNCC(c2cc(Cl)sc2Cl)OC1. The Morgan fingerprint density at radius 1 is 1.50 bits per heavy atom. The van der Waals surface area contributed by atoms with E-state index in [1.165, 1.54) is 11.3 Å². The molecule has 1 aromatic heterocycles. The first kappa shape index (κ1) is 12.7. The number of ether oxygens (including phenoxy) is 1. The Morgan fingerprint density at radius 2 is 2.25 bits per heavy atom. The molecule has 2 nitrogen and oxygen atoms in total. The minimum atomic E-state index is 0.0121. The number of hydrogen-bond donors (Lipinski definition) is 1. The van der Waals surface area contributed by atoms with E-state index in [4.69, 9.17) is 27.9 Å². The second kappa shape index (κ2) is 4.83. The van der Waals surface area contributed by atoms with Gasteiger partial charge in [0.25, 0.3) is 0 Å². The highest BCUT2D eigenvalue weighted by Crippen LogP contribution is 2.37. The van der Waals surface area contributed by atoms with Crippen molar-refractivity contribution in [1.29, 1.82) is 0 Å². The van der Waals surface area contributed by atoms with Gasteiger partial charge in [-0.15, -0.1) is 11.3 Å². The molecule has 90 valence electrons. The van der Waals surface area contributed by atoms with Gasteiger partial charge in [-0.05, 0) is 6.07 Å². The highest BCUT2D eigenvalue weighted by atomic mass is 35.5. The van der Waals surface area contributed by atoms with E-state index in [0.717, 1.165) is 29.6 Å². The molecular weight excluding hydrogens is 265 g/mol. The van der Waals surface area contributed by atoms with Gasteiger partial charge in [0.15, 0.2) is 0 Å². The summed E-state index contributed by atoms with van der Waals surface area (Å²) in [5, 5.41) is 3.40. The lowest BCUT2D eigenvalue weighted by Crippen LogP contribution is -2.29. The second-order valence-electron chi connectivity index (χ2n) is 4.87. The number of rotatable bonds is 1. The average molecular weight is 280 g/mol. The predicted molar refractivity (Wildman–Crippen MR) is 69.7 cm³/mol. The third-order valence-electron chi connectivity index (χ3n) is 2.64. The van der Waals surface area contributed by atoms with Gasteiger partial charge in [0.05, 0.1) is 17.0 Å². The van der Waals surface area contributed by atoms with Crippen molar-refractivity contribution in [3.63, 3.8) is 0 Å². The number of nitrogens with one attached hydrogen (secondary N) is 1. The van der Waals surface area contributed by atoms with Crippen molar-refractivity contribution in [2.45, 2.75) is 20.0 Å². The van der Waals surface area contributed by atoms with Crippen molar-refractivity contribution in [3.8, 4) is 0 Å². The van der Waals surface area contributed by atoms with Crippen LogP contribution in [0.3, 0.4) is 0 Å². The Bertz CT molecular complexity index is 378. The minimum Gasteiger partial charge on any atom is -0.372 e. The molecule has 2 heterocycles. The fraction of sp³-hybridized carbons (Fsp3) is 0.636. The molecule has 0 amide bonds. The maximum absolute atomic E-state index is 6.13. The topological polar surface area (TPSA) is 21.3 Å². The van der Waals surface area contributed by atoms with Gasteiger partial charge in [0, 0.05) is 24.1 Å². The molecule has 0 aliphatic carbocycles. The molecule has 1 aliphatic heterocycles. The standard InChI is InChI=1S/C11H15Cl2NOS/c1-11(2)5-14-4-8(15-6-11)7-3-9(12)16-10(7)13/h3,8,14H,4-6H2,1-2H3. The zero-order valence-corrected chi connectivity index (χ0v) is 11.7. The molecule has 0 radical (unpaired) electrons. The van der Waals surface area contributed by atoms with E-state index in [-0.39, 0.29) is 11.5 Å². The van der Waals surface area contributed by atoms with Crippen LogP contribution in [-0.4, -0.2) is 19.7 Å². The maximum Gasteiger partial charge on any atom is 0.100 e. The molecule has 1 aromatic rings. The normalized spacial score (nSPS) is 25.4. The summed E-state index contributed by atoms with van der Waals surface area (Å²) in [7, 11) is 0. The molecule has 0 aromatic carbocycles. The van der Waals surface area contributed by atoms with Gasteiger partial charge in [-0.3, -0.25) is 0 Å². The first-order valence-corrected chi connectivity index (χ1v) is 6.82. The summed E-state index contributed by atoms with van der Waals surface area (Å²) in [6.07, 6.45) is 0.0121. The van der Waals surface area contributed by atoms with E-state index in [1.54, 1.807) is 0 Å². The second-order valence-corrected chi connectivity index (χ2v) is 7.16. The molecule has 0 saturated carbocycles. The summed E-state index contributed by atoms with van der Waals surface area (Å²) in [5.41, 5.74) is 1.17. The van der Waals surface area contributed by atoms with Crippen LogP contribution in [0.5, 0.6) is 0 Å². The Balaban J connectivity index is 2.13. The van der Waals surface area contributed by atoms with E-state index in [2.05, 4.69) is 19.2 Å². The molecule has 0 bridgehead atoms. The highest BCUT2D eigenvalue weighted by Gasteiger charge is 2.27. The van der Waals surface area contributed by atoms with Crippen LogP contribution in [0.25, 0.3) is 0 Å². The zero-order chi connectivity index (χ0) is 11.8. The van der Waals surface area contributed by atoms with Gasteiger partial charge in [0.2, 0.25) is 0 Å². The van der Waals surface area contributed by atoms with Gasteiger partial charge in [0.1, 0.15) is 4.34 Å². The Kier molecular flexibility index (Phi) is 3.82. The molecule has 1 atom stereocenters. The number of thiophene rings is 1. The highest BCUT2D eigenvalue weighted by molar-refractivity contribution is 7.20. The van der Waals surface area contributed by atoms with Crippen molar-refractivity contribution in [2.75, 3.05) is 19.7 Å². The fourth-order valence-corrected chi connectivity index (χ4v) is 3.31. The van der Waals surface area contributed by atoms with Crippen LogP contribution >= 0.6 is 34.5 Å². The van der Waals surface area contributed by atoms with Gasteiger partial charge in [-0.2, -0.15) is 0 Å². The first-order chi connectivity index (χ1) is 7.48. The molecule has 1 aliphatic rings. The summed E-state index contributed by atoms with van der Waals surface area (Å²) in [6.45, 7) is 6.85. The molecule has 0 spiro atoms. The van der Waals surface area contributed by atoms with E-state index >= 15 is 0 Å². The quantitative estimate of drug-likeness (QED) is 0.846. The van der Waals surface area contributed by atoms with Crippen LogP contribution in [0.2, 0.25) is 8.67 Å². The Labute approximate surface area is 110 Å². The molecule has 1 saturated heterocycles. The smallest absolute Gasteiger partial charge is 0.100 e. The first-order valence-electron chi connectivity index (χ1n) is 5.25. The summed E-state index contributed by atoms with van der Waals surface area (Å²) in [5.74, 6) is 0. The summed E-state index contributed by atoms with van der Waals surface area (Å²) >= 11 is 13.5. The molecular formula is C11H15Cl2NOS. The van der Waals surface area contributed by atoms with Gasteiger partial charge >= 0.3 is 0 Å². The monoisotopic (exact) mass is 279 g/mol. The number of hydrogen-bond acceptors (Lipinski definition) is 3. The van der Waals surface area contributed by atoms with Crippen LogP contribution in [0.15, 0.2) is 6.07 Å². The Morgan fingerprint density at radius 3 is 2.88 bits per heavy atom. The minimum absolute atomic E-state index is 0.0121.